The van der Waals surface area contributed by atoms with Gasteiger partial charge in [0.2, 0.25) is 6.33 Å². The standard InChI is InChI=1S/C19H22N3O.ClH/c1-2-6-17(7-3-1)22-16-21(18-8-4-5-9-19(18)22)11-10-20-12-14-23-15-13-20;/h1-9,16H,10-15H2;1H/q+1;/p-1. The highest BCUT2D eigenvalue weighted by molar-refractivity contribution is 5.73. The first-order valence-corrected chi connectivity index (χ1v) is 8.27. The molecule has 0 N–H and O–H groups in total. The summed E-state index contributed by atoms with van der Waals surface area (Å²) in [6, 6.07) is 19.1. The lowest BCUT2D eigenvalue weighted by Gasteiger charge is -2.25. The Morgan fingerprint density at radius 3 is 2.42 bits per heavy atom. The van der Waals surface area contributed by atoms with Crippen LogP contribution in [0.3, 0.4) is 0 Å². The number of hydrogen-bond acceptors (Lipinski definition) is 2. The molecule has 1 aromatic heterocycles. The second kappa shape index (κ2) is 7.79. The van der Waals surface area contributed by atoms with Gasteiger partial charge in [-0.25, -0.2) is 4.57 Å². The average molecular weight is 344 g/mol. The summed E-state index contributed by atoms with van der Waals surface area (Å²) in [5, 5.41) is 0. The van der Waals surface area contributed by atoms with E-state index in [9.17, 15) is 0 Å². The van der Waals surface area contributed by atoms with Crippen molar-refractivity contribution in [3.63, 3.8) is 0 Å². The smallest absolute Gasteiger partial charge is 0.250 e. The quantitative estimate of drug-likeness (QED) is 0.582. The summed E-state index contributed by atoms with van der Waals surface area (Å²) in [5.41, 5.74) is 3.74. The lowest BCUT2D eigenvalue weighted by atomic mass is 10.3. The molecule has 126 valence electrons. The van der Waals surface area contributed by atoms with E-state index in [1.807, 2.05) is 0 Å². The summed E-state index contributed by atoms with van der Waals surface area (Å²) in [6.45, 7) is 5.86. The molecule has 0 amide bonds. The maximum atomic E-state index is 5.43. The fourth-order valence-electron chi connectivity index (χ4n) is 3.22. The fourth-order valence-corrected chi connectivity index (χ4v) is 3.22. The molecule has 0 unspecified atom stereocenters. The summed E-state index contributed by atoms with van der Waals surface area (Å²) in [4.78, 5) is 2.48. The SMILES string of the molecule is [Cl-].c1ccc(-n2c[n+](CCN3CCOCC3)c3ccccc32)cc1. The van der Waals surface area contributed by atoms with Crippen LogP contribution in [0.2, 0.25) is 0 Å². The lowest BCUT2D eigenvalue weighted by Crippen LogP contribution is -3.00. The van der Waals surface area contributed by atoms with E-state index < -0.39 is 0 Å². The topological polar surface area (TPSA) is 21.3 Å². The van der Waals surface area contributed by atoms with Crippen LogP contribution in [0.1, 0.15) is 0 Å². The fraction of sp³-hybridized carbons (Fsp3) is 0.316. The van der Waals surface area contributed by atoms with E-state index in [2.05, 4.69) is 75.0 Å². The minimum absolute atomic E-state index is 0. The Kier molecular flexibility index (Phi) is 5.51. The molecule has 0 saturated carbocycles. The largest absolute Gasteiger partial charge is 1.00 e. The second-order valence-electron chi connectivity index (χ2n) is 5.96. The van der Waals surface area contributed by atoms with Crippen molar-refractivity contribution in [3.05, 3.63) is 60.9 Å². The molecule has 4 rings (SSSR count). The molecular formula is C19H22ClN3O. The number of fused-ring (bicyclic) bond motifs is 1. The zero-order valence-electron chi connectivity index (χ0n) is 13.6. The number of benzene rings is 2. The van der Waals surface area contributed by atoms with Gasteiger partial charge in [-0.15, -0.1) is 0 Å². The van der Waals surface area contributed by atoms with E-state index in [1.54, 1.807) is 0 Å². The number of imidazole rings is 1. The van der Waals surface area contributed by atoms with Crippen LogP contribution >= 0.6 is 0 Å². The van der Waals surface area contributed by atoms with Crippen molar-refractivity contribution >= 4 is 11.0 Å². The Balaban J connectivity index is 0.00000169. The minimum Gasteiger partial charge on any atom is -1.00 e. The summed E-state index contributed by atoms with van der Waals surface area (Å²) in [6.07, 6.45) is 2.22. The minimum atomic E-state index is 0. The molecule has 5 heteroatoms. The zero-order chi connectivity index (χ0) is 15.5. The molecule has 0 atom stereocenters. The lowest BCUT2D eigenvalue weighted by molar-refractivity contribution is -0.671. The highest BCUT2D eigenvalue weighted by Gasteiger charge is 2.18. The van der Waals surface area contributed by atoms with Crippen LogP contribution in [0.15, 0.2) is 60.9 Å². The van der Waals surface area contributed by atoms with Crippen LogP contribution in [0.25, 0.3) is 16.7 Å². The van der Waals surface area contributed by atoms with Crippen molar-refractivity contribution in [3.8, 4) is 5.69 Å². The number of para-hydroxylation sites is 3. The Labute approximate surface area is 148 Å². The number of halogens is 1. The van der Waals surface area contributed by atoms with Gasteiger partial charge in [0, 0.05) is 19.6 Å². The first-order chi connectivity index (χ1) is 11.4. The van der Waals surface area contributed by atoms with E-state index in [1.165, 1.54) is 16.7 Å². The molecule has 1 fully saturated rings. The van der Waals surface area contributed by atoms with E-state index in [4.69, 9.17) is 4.74 Å². The molecule has 3 aromatic rings. The number of aromatic nitrogens is 2. The molecule has 1 aliphatic rings. The summed E-state index contributed by atoms with van der Waals surface area (Å²) in [7, 11) is 0. The molecule has 24 heavy (non-hydrogen) atoms. The van der Waals surface area contributed by atoms with Crippen LogP contribution in [-0.4, -0.2) is 42.3 Å². The predicted octanol–water partition coefficient (Wildman–Crippen LogP) is -0.746. The van der Waals surface area contributed by atoms with Crippen LogP contribution in [-0.2, 0) is 11.3 Å². The molecule has 0 spiro atoms. The Morgan fingerprint density at radius 2 is 1.62 bits per heavy atom. The highest BCUT2D eigenvalue weighted by Crippen LogP contribution is 2.16. The molecule has 2 heterocycles. The van der Waals surface area contributed by atoms with Crippen molar-refractivity contribution in [1.29, 1.82) is 0 Å². The van der Waals surface area contributed by atoms with E-state index >= 15 is 0 Å². The van der Waals surface area contributed by atoms with Gasteiger partial charge in [-0.3, -0.25) is 4.90 Å². The maximum Gasteiger partial charge on any atom is 0.250 e. The third-order valence-electron chi connectivity index (χ3n) is 4.50. The molecule has 0 aliphatic carbocycles. The number of morpholine rings is 1. The van der Waals surface area contributed by atoms with Crippen LogP contribution in [0, 0.1) is 0 Å². The van der Waals surface area contributed by atoms with Gasteiger partial charge in [0.15, 0.2) is 11.0 Å². The monoisotopic (exact) mass is 343 g/mol. The molecule has 0 bridgehead atoms. The molecule has 4 nitrogen and oxygen atoms in total. The molecule has 0 radical (unpaired) electrons. The van der Waals surface area contributed by atoms with Crippen molar-refractivity contribution in [2.75, 3.05) is 32.8 Å². The third-order valence-corrected chi connectivity index (χ3v) is 4.50. The van der Waals surface area contributed by atoms with Crippen molar-refractivity contribution in [2.45, 2.75) is 6.54 Å². The molecule has 1 aliphatic heterocycles. The Hall–Kier alpha value is -1.88. The van der Waals surface area contributed by atoms with Gasteiger partial charge >= 0.3 is 0 Å². The molecular weight excluding hydrogens is 322 g/mol. The van der Waals surface area contributed by atoms with Gasteiger partial charge in [0.25, 0.3) is 0 Å². The Morgan fingerprint density at radius 1 is 0.917 bits per heavy atom. The number of ether oxygens (including phenoxy) is 1. The number of nitrogens with zero attached hydrogens (tertiary/aromatic N) is 3. The van der Waals surface area contributed by atoms with Crippen LogP contribution in [0.4, 0.5) is 0 Å². The van der Waals surface area contributed by atoms with Gasteiger partial charge in [-0.2, -0.15) is 4.57 Å². The van der Waals surface area contributed by atoms with Gasteiger partial charge in [-0.1, -0.05) is 30.3 Å². The van der Waals surface area contributed by atoms with Gasteiger partial charge in [-0.05, 0) is 24.3 Å². The highest BCUT2D eigenvalue weighted by atomic mass is 35.5. The molecule has 1 saturated heterocycles. The van der Waals surface area contributed by atoms with E-state index in [0.717, 1.165) is 39.4 Å². The predicted molar refractivity (Wildman–Crippen MR) is 90.7 cm³/mol. The summed E-state index contributed by atoms with van der Waals surface area (Å²) in [5.74, 6) is 0. The summed E-state index contributed by atoms with van der Waals surface area (Å²) < 4.78 is 10.1. The normalized spacial score (nSPS) is 15.3. The van der Waals surface area contributed by atoms with Crippen molar-refractivity contribution in [1.82, 2.24) is 9.47 Å². The number of hydrogen-bond donors (Lipinski definition) is 0. The zero-order valence-corrected chi connectivity index (χ0v) is 14.4. The van der Waals surface area contributed by atoms with E-state index in [0.29, 0.717) is 0 Å². The van der Waals surface area contributed by atoms with Gasteiger partial charge < -0.3 is 17.1 Å². The first-order valence-electron chi connectivity index (χ1n) is 8.27. The van der Waals surface area contributed by atoms with Crippen LogP contribution in [0.5, 0.6) is 0 Å². The third kappa shape index (κ3) is 3.46. The second-order valence-corrected chi connectivity index (χ2v) is 5.96. The van der Waals surface area contributed by atoms with Crippen molar-refractivity contribution < 1.29 is 21.7 Å². The summed E-state index contributed by atoms with van der Waals surface area (Å²) >= 11 is 0. The van der Waals surface area contributed by atoms with Gasteiger partial charge in [0.1, 0.15) is 12.2 Å². The molecule has 2 aromatic carbocycles. The maximum absolute atomic E-state index is 5.43. The Bertz CT molecular complexity index is 782. The van der Waals surface area contributed by atoms with Gasteiger partial charge in [0.05, 0.1) is 13.2 Å². The van der Waals surface area contributed by atoms with Crippen LogP contribution < -0.4 is 17.0 Å². The average Bonchev–Trinajstić information content (AvgIpc) is 3.01. The first kappa shape index (κ1) is 17.0. The van der Waals surface area contributed by atoms with E-state index in [-0.39, 0.29) is 12.4 Å². The van der Waals surface area contributed by atoms with Crippen molar-refractivity contribution in [2.24, 2.45) is 0 Å². The number of rotatable bonds is 4.